The Hall–Kier alpha value is -1.75. The van der Waals surface area contributed by atoms with Crippen LogP contribution in [0.2, 0.25) is 0 Å². The molecule has 0 atom stereocenters. The SMILES string of the molecule is COc1ccc(C2(N)CN(C(=O)OC(C)(C)C)C2)cc1. The van der Waals surface area contributed by atoms with E-state index in [1.165, 1.54) is 0 Å². The molecule has 0 unspecified atom stereocenters. The number of likely N-dealkylation sites (tertiary alicyclic amines) is 1. The van der Waals surface area contributed by atoms with Gasteiger partial charge in [0.25, 0.3) is 0 Å². The van der Waals surface area contributed by atoms with Crippen molar-refractivity contribution in [1.29, 1.82) is 0 Å². The zero-order chi connectivity index (χ0) is 15.0. The van der Waals surface area contributed by atoms with E-state index in [9.17, 15) is 4.79 Å². The van der Waals surface area contributed by atoms with Crippen molar-refractivity contribution in [1.82, 2.24) is 4.90 Å². The van der Waals surface area contributed by atoms with Gasteiger partial charge in [0, 0.05) is 13.1 Å². The lowest BCUT2D eigenvalue weighted by Gasteiger charge is -2.47. The molecule has 0 aliphatic carbocycles. The summed E-state index contributed by atoms with van der Waals surface area (Å²) < 4.78 is 10.4. The Morgan fingerprint density at radius 2 is 1.80 bits per heavy atom. The van der Waals surface area contributed by atoms with Crippen molar-refractivity contribution in [2.75, 3.05) is 20.2 Å². The van der Waals surface area contributed by atoms with Crippen LogP contribution in [0, 0.1) is 0 Å². The first kappa shape index (κ1) is 14.7. The zero-order valence-electron chi connectivity index (χ0n) is 12.5. The fourth-order valence-corrected chi connectivity index (χ4v) is 2.20. The van der Waals surface area contributed by atoms with Crippen LogP contribution in [0.4, 0.5) is 4.79 Å². The average Bonchev–Trinajstić information content (AvgIpc) is 2.33. The highest BCUT2D eigenvalue weighted by Crippen LogP contribution is 2.31. The molecule has 1 saturated heterocycles. The topological polar surface area (TPSA) is 64.8 Å². The Balaban J connectivity index is 1.98. The predicted octanol–water partition coefficient (Wildman–Crippen LogP) is 2.10. The first-order valence-electron chi connectivity index (χ1n) is 6.65. The fourth-order valence-electron chi connectivity index (χ4n) is 2.20. The standard InChI is InChI=1S/C15H22N2O3/c1-14(2,3)20-13(18)17-9-15(16,10-17)11-5-7-12(19-4)8-6-11/h5-8H,9-10,16H2,1-4H3. The lowest BCUT2D eigenvalue weighted by Crippen LogP contribution is -2.66. The molecule has 1 amide bonds. The number of rotatable bonds is 2. The summed E-state index contributed by atoms with van der Waals surface area (Å²) in [5, 5.41) is 0. The van der Waals surface area contributed by atoms with Crippen molar-refractivity contribution in [3.63, 3.8) is 0 Å². The number of amides is 1. The third-order valence-electron chi connectivity index (χ3n) is 3.26. The van der Waals surface area contributed by atoms with Gasteiger partial charge >= 0.3 is 6.09 Å². The van der Waals surface area contributed by atoms with Crippen molar-refractivity contribution in [2.45, 2.75) is 31.9 Å². The van der Waals surface area contributed by atoms with Crippen molar-refractivity contribution in [3.8, 4) is 5.75 Å². The maximum Gasteiger partial charge on any atom is 0.410 e. The molecule has 0 saturated carbocycles. The Labute approximate surface area is 119 Å². The Morgan fingerprint density at radius 1 is 1.25 bits per heavy atom. The molecule has 0 aromatic heterocycles. The van der Waals surface area contributed by atoms with Crippen LogP contribution in [-0.2, 0) is 10.3 Å². The number of ether oxygens (including phenoxy) is 2. The maximum absolute atomic E-state index is 11.9. The number of hydrogen-bond acceptors (Lipinski definition) is 4. The van der Waals surface area contributed by atoms with Crippen LogP contribution in [0.5, 0.6) is 5.75 Å². The number of hydrogen-bond donors (Lipinski definition) is 1. The summed E-state index contributed by atoms with van der Waals surface area (Å²) in [6.45, 7) is 6.49. The molecule has 2 rings (SSSR count). The number of nitrogens with zero attached hydrogens (tertiary/aromatic N) is 1. The summed E-state index contributed by atoms with van der Waals surface area (Å²) in [6.07, 6.45) is -0.313. The summed E-state index contributed by atoms with van der Waals surface area (Å²) in [5.41, 5.74) is 6.34. The summed E-state index contributed by atoms with van der Waals surface area (Å²) in [7, 11) is 1.63. The van der Waals surface area contributed by atoms with Crippen LogP contribution in [0.1, 0.15) is 26.3 Å². The minimum Gasteiger partial charge on any atom is -0.497 e. The van der Waals surface area contributed by atoms with Crippen LogP contribution in [0.25, 0.3) is 0 Å². The Kier molecular flexibility index (Phi) is 3.65. The summed E-state index contributed by atoms with van der Waals surface area (Å²) in [6, 6.07) is 7.62. The lowest BCUT2D eigenvalue weighted by atomic mass is 9.84. The van der Waals surface area contributed by atoms with Crippen molar-refractivity contribution in [3.05, 3.63) is 29.8 Å². The average molecular weight is 278 g/mol. The molecule has 1 fully saturated rings. The third-order valence-corrected chi connectivity index (χ3v) is 3.26. The quantitative estimate of drug-likeness (QED) is 0.899. The van der Waals surface area contributed by atoms with Gasteiger partial charge < -0.3 is 20.1 Å². The molecule has 5 nitrogen and oxygen atoms in total. The molecule has 1 aliphatic heterocycles. The van der Waals surface area contributed by atoms with E-state index in [0.29, 0.717) is 13.1 Å². The molecule has 1 aromatic rings. The predicted molar refractivity (Wildman–Crippen MR) is 76.7 cm³/mol. The van der Waals surface area contributed by atoms with Crippen LogP contribution < -0.4 is 10.5 Å². The molecule has 110 valence electrons. The van der Waals surface area contributed by atoms with Gasteiger partial charge in [0.05, 0.1) is 12.6 Å². The second kappa shape index (κ2) is 4.98. The van der Waals surface area contributed by atoms with Crippen LogP contribution in [-0.4, -0.2) is 36.8 Å². The van der Waals surface area contributed by atoms with Gasteiger partial charge in [0.2, 0.25) is 0 Å². The molecule has 1 aliphatic rings. The van der Waals surface area contributed by atoms with E-state index in [1.807, 2.05) is 45.0 Å². The maximum atomic E-state index is 11.9. The monoisotopic (exact) mass is 278 g/mol. The highest BCUT2D eigenvalue weighted by atomic mass is 16.6. The highest BCUT2D eigenvalue weighted by Gasteiger charge is 2.44. The lowest BCUT2D eigenvalue weighted by molar-refractivity contribution is -0.00889. The van der Waals surface area contributed by atoms with Gasteiger partial charge in [-0.2, -0.15) is 0 Å². The zero-order valence-corrected chi connectivity index (χ0v) is 12.5. The van der Waals surface area contributed by atoms with Gasteiger partial charge in [-0.05, 0) is 38.5 Å². The molecule has 0 radical (unpaired) electrons. The fraction of sp³-hybridized carbons (Fsp3) is 0.533. The van der Waals surface area contributed by atoms with Crippen LogP contribution in [0.3, 0.4) is 0 Å². The van der Waals surface area contributed by atoms with Crippen molar-refractivity contribution in [2.24, 2.45) is 5.73 Å². The molecule has 2 N–H and O–H groups in total. The Morgan fingerprint density at radius 3 is 2.25 bits per heavy atom. The molecule has 1 heterocycles. The first-order chi connectivity index (χ1) is 9.23. The van der Waals surface area contributed by atoms with Gasteiger partial charge in [-0.25, -0.2) is 4.79 Å². The first-order valence-corrected chi connectivity index (χ1v) is 6.65. The second-order valence-corrected chi connectivity index (χ2v) is 6.22. The molecule has 0 spiro atoms. The summed E-state index contributed by atoms with van der Waals surface area (Å²) in [5.74, 6) is 0.792. The molecular formula is C15H22N2O3. The van der Waals surface area contributed by atoms with Gasteiger partial charge in [0.1, 0.15) is 11.4 Å². The van der Waals surface area contributed by atoms with Crippen molar-refractivity contribution >= 4 is 6.09 Å². The Bertz CT molecular complexity index is 485. The normalized spacial score (nSPS) is 17.4. The van der Waals surface area contributed by atoms with E-state index in [4.69, 9.17) is 15.2 Å². The second-order valence-electron chi connectivity index (χ2n) is 6.22. The minimum absolute atomic E-state index is 0.313. The van der Waals surface area contributed by atoms with E-state index >= 15 is 0 Å². The van der Waals surface area contributed by atoms with E-state index in [-0.39, 0.29) is 6.09 Å². The van der Waals surface area contributed by atoms with E-state index < -0.39 is 11.1 Å². The van der Waals surface area contributed by atoms with E-state index in [2.05, 4.69) is 0 Å². The number of methoxy groups -OCH3 is 1. The highest BCUT2D eigenvalue weighted by molar-refractivity contribution is 5.70. The van der Waals surface area contributed by atoms with Crippen LogP contribution in [0.15, 0.2) is 24.3 Å². The number of carbonyl (C=O) groups is 1. The van der Waals surface area contributed by atoms with Crippen molar-refractivity contribution < 1.29 is 14.3 Å². The van der Waals surface area contributed by atoms with Gasteiger partial charge in [-0.1, -0.05) is 12.1 Å². The van der Waals surface area contributed by atoms with Gasteiger partial charge in [-0.15, -0.1) is 0 Å². The summed E-state index contributed by atoms with van der Waals surface area (Å²) in [4.78, 5) is 13.5. The molecule has 0 bridgehead atoms. The van der Waals surface area contributed by atoms with Crippen LogP contribution >= 0.6 is 0 Å². The number of nitrogens with two attached hydrogens (primary N) is 1. The molecule has 20 heavy (non-hydrogen) atoms. The molecule has 5 heteroatoms. The largest absolute Gasteiger partial charge is 0.497 e. The number of benzene rings is 1. The minimum atomic E-state index is -0.497. The summed E-state index contributed by atoms with van der Waals surface area (Å²) >= 11 is 0. The smallest absolute Gasteiger partial charge is 0.410 e. The van der Waals surface area contributed by atoms with E-state index in [1.54, 1.807) is 12.0 Å². The molecular weight excluding hydrogens is 256 g/mol. The van der Waals surface area contributed by atoms with E-state index in [0.717, 1.165) is 11.3 Å². The van der Waals surface area contributed by atoms with Gasteiger partial charge in [-0.3, -0.25) is 0 Å². The number of carbonyl (C=O) groups excluding carboxylic acids is 1. The third kappa shape index (κ3) is 3.04. The molecule has 1 aromatic carbocycles. The van der Waals surface area contributed by atoms with Gasteiger partial charge in [0.15, 0.2) is 0 Å².